The van der Waals surface area contributed by atoms with Gasteiger partial charge in [0.25, 0.3) is 0 Å². The number of rotatable bonds is 5. The molecule has 1 aliphatic heterocycles. The lowest BCUT2D eigenvalue weighted by Crippen LogP contribution is -2.47. The predicted octanol–water partition coefficient (Wildman–Crippen LogP) is 1.33. The Balaban J connectivity index is 0.00000220. The van der Waals surface area contributed by atoms with Crippen LogP contribution >= 0.6 is 12.4 Å². The fourth-order valence-corrected chi connectivity index (χ4v) is 2.49. The van der Waals surface area contributed by atoms with Crippen molar-refractivity contribution in [2.24, 2.45) is 5.73 Å². The highest BCUT2D eigenvalue weighted by molar-refractivity contribution is 5.85. The smallest absolute Gasteiger partial charge is 0.234 e. The van der Waals surface area contributed by atoms with Gasteiger partial charge < -0.3 is 11.1 Å². The van der Waals surface area contributed by atoms with Gasteiger partial charge in [0, 0.05) is 19.1 Å². The number of piperidine rings is 1. The average molecular weight is 316 g/mol. The quantitative estimate of drug-likeness (QED) is 0.862. The number of amides is 1. The van der Waals surface area contributed by atoms with E-state index in [1.54, 1.807) is 12.1 Å². The van der Waals surface area contributed by atoms with Gasteiger partial charge in [0.1, 0.15) is 5.82 Å². The van der Waals surface area contributed by atoms with E-state index in [1.165, 1.54) is 12.1 Å². The monoisotopic (exact) mass is 315 g/mol. The zero-order chi connectivity index (χ0) is 14.4. The highest BCUT2D eigenvalue weighted by atomic mass is 35.5. The topological polar surface area (TPSA) is 58.4 Å². The summed E-state index contributed by atoms with van der Waals surface area (Å²) in [5.41, 5.74) is 6.91. The van der Waals surface area contributed by atoms with Gasteiger partial charge in [-0.15, -0.1) is 12.4 Å². The molecule has 0 saturated carbocycles. The Morgan fingerprint density at radius 1 is 1.38 bits per heavy atom. The first-order valence-electron chi connectivity index (χ1n) is 7.12. The first kappa shape index (κ1) is 17.9. The van der Waals surface area contributed by atoms with Crippen molar-refractivity contribution in [2.45, 2.75) is 25.3 Å². The molecular weight excluding hydrogens is 293 g/mol. The van der Waals surface area contributed by atoms with Crippen LogP contribution in [0.25, 0.3) is 0 Å². The molecule has 1 aromatic carbocycles. The second-order valence-corrected chi connectivity index (χ2v) is 5.36. The first-order valence-corrected chi connectivity index (χ1v) is 7.12. The lowest BCUT2D eigenvalue weighted by molar-refractivity contribution is -0.122. The molecule has 1 fully saturated rings. The third kappa shape index (κ3) is 6.42. The van der Waals surface area contributed by atoms with Gasteiger partial charge in [0.15, 0.2) is 0 Å². The van der Waals surface area contributed by atoms with Crippen LogP contribution in [-0.4, -0.2) is 43.0 Å². The molecule has 1 aliphatic rings. The molecular formula is C15H23ClFN3O. The normalized spacial score (nSPS) is 18.9. The molecule has 1 heterocycles. The Morgan fingerprint density at radius 3 is 2.76 bits per heavy atom. The second kappa shape index (κ2) is 8.97. The number of hydrogen-bond donors (Lipinski definition) is 2. The van der Waals surface area contributed by atoms with Crippen LogP contribution < -0.4 is 11.1 Å². The fourth-order valence-electron chi connectivity index (χ4n) is 2.49. The van der Waals surface area contributed by atoms with Crippen molar-refractivity contribution in [3.05, 3.63) is 35.6 Å². The molecule has 1 aromatic rings. The Hall–Kier alpha value is -1.17. The molecule has 1 saturated heterocycles. The van der Waals surface area contributed by atoms with Crippen LogP contribution in [0.1, 0.15) is 18.4 Å². The van der Waals surface area contributed by atoms with E-state index in [4.69, 9.17) is 5.73 Å². The van der Waals surface area contributed by atoms with Crippen LogP contribution in [0.5, 0.6) is 0 Å². The van der Waals surface area contributed by atoms with Crippen molar-refractivity contribution in [3.8, 4) is 0 Å². The summed E-state index contributed by atoms with van der Waals surface area (Å²) in [5, 5.41) is 2.89. The van der Waals surface area contributed by atoms with E-state index in [9.17, 15) is 9.18 Å². The number of likely N-dealkylation sites (tertiary alicyclic amines) is 1. The molecule has 0 bridgehead atoms. The van der Waals surface area contributed by atoms with Crippen LogP contribution in [0, 0.1) is 5.82 Å². The van der Waals surface area contributed by atoms with Crippen LogP contribution in [-0.2, 0) is 11.2 Å². The molecule has 3 N–H and O–H groups in total. The van der Waals surface area contributed by atoms with E-state index in [1.807, 2.05) is 0 Å². The average Bonchev–Trinajstić information content (AvgIpc) is 2.41. The van der Waals surface area contributed by atoms with Crippen LogP contribution in [0.4, 0.5) is 4.39 Å². The molecule has 118 valence electrons. The summed E-state index contributed by atoms with van der Waals surface area (Å²) in [4.78, 5) is 13.9. The summed E-state index contributed by atoms with van der Waals surface area (Å²) < 4.78 is 12.7. The Labute approximate surface area is 131 Å². The van der Waals surface area contributed by atoms with Gasteiger partial charge in [-0.25, -0.2) is 4.39 Å². The maximum atomic E-state index is 12.7. The zero-order valence-electron chi connectivity index (χ0n) is 12.1. The molecule has 0 spiro atoms. The van der Waals surface area contributed by atoms with Crippen LogP contribution in [0.2, 0.25) is 0 Å². The summed E-state index contributed by atoms with van der Waals surface area (Å²) in [6, 6.07) is 6.55. The van der Waals surface area contributed by atoms with Gasteiger partial charge in [-0.3, -0.25) is 9.69 Å². The summed E-state index contributed by atoms with van der Waals surface area (Å²) >= 11 is 0. The van der Waals surface area contributed by atoms with E-state index in [0.717, 1.165) is 31.5 Å². The van der Waals surface area contributed by atoms with Crippen molar-refractivity contribution in [3.63, 3.8) is 0 Å². The third-order valence-electron chi connectivity index (χ3n) is 3.56. The maximum Gasteiger partial charge on any atom is 0.234 e. The number of nitrogens with one attached hydrogen (secondary N) is 1. The van der Waals surface area contributed by atoms with E-state index in [2.05, 4.69) is 10.2 Å². The number of benzene rings is 1. The highest BCUT2D eigenvalue weighted by Crippen LogP contribution is 2.07. The Bertz CT molecular complexity index is 441. The van der Waals surface area contributed by atoms with Crippen molar-refractivity contribution >= 4 is 18.3 Å². The molecule has 4 nitrogen and oxygen atoms in total. The molecule has 0 aliphatic carbocycles. The number of hydrogen-bond acceptors (Lipinski definition) is 3. The largest absolute Gasteiger partial charge is 0.355 e. The molecule has 1 amide bonds. The summed E-state index contributed by atoms with van der Waals surface area (Å²) in [5.74, 6) is -0.208. The minimum absolute atomic E-state index is 0. The van der Waals surface area contributed by atoms with Crippen LogP contribution in [0.3, 0.4) is 0 Å². The van der Waals surface area contributed by atoms with E-state index in [0.29, 0.717) is 19.5 Å². The third-order valence-corrected chi connectivity index (χ3v) is 3.56. The summed E-state index contributed by atoms with van der Waals surface area (Å²) in [7, 11) is 0. The molecule has 0 aromatic heterocycles. The molecule has 2 rings (SSSR count). The summed E-state index contributed by atoms with van der Waals surface area (Å²) in [6.45, 7) is 2.73. The number of carbonyl (C=O) groups is 1. The minimum atomic E-state index is -0.237. The standard InChI is InChI=1S/C15H22FN3O.ClH/c16-13-5-3-12(4-6-13)7-8-18-15(20)11-19-9-1-2-14(17)10-19;/h3-6,14H,1-2,7-11,17H2,(H,18,20);1H/t14-;/m1./s1. The van der Waals surface area contributed by atoms with Gasteiger partial charge in [-0.1, -0.05) is 12.1 Å². The minimum Gasteiger partial charge on any atom is -0.355 e. The van der Waals surface area contributed by atoms with Crippen molar-refractivity contribution in [1.29, 1.82) is 0 Å². The fraction of sp³-hybridized carbons (Fsp3) is 0.533. The van der Waals surface area contributed by atoms with Gasteiger partial charge in [-0.2, -0.15) is 0 Å². The number of nitrogens with zero attached hydrogens (tertiary/aromatic N) is 1. The highest BCUT2D eigenvalue weighted by Gasteiger charge is 2.18. The Kier molecular flexibility index (Phi) is 7.64. The summed E-state index contributed by atoms with van der Waals surface area (Å²) in [6.07, 6.45) is 2.82. The van der Waals surface area contributed by atoms with Gasteiger partial charge in [0.2, 0.25) is 5.91 Å². The molecule has 0 radical (unpaired) electrons. The number of halogens is 2. The zero-order valence-corrected chi connectivity index (χ0v) is 12.9. The van der Waals surface area contributed by atoms with Crippen LogP contribution in [0.15, 0.2) is 24.3 Å². The number of nitrogens with two attached hydrogens (primary N) is 1. The van der Waals surface area contributed by atoms with E-state index in [-0.39, 0.29) is 30.2 Å². The van der Waals surface area contributed by atoms with Crippen molar-refractivity contribution in [2.75, 3.05) is 26.2 Å². The first-order chi connectivity index (χ1) is 9.63. The molecule has 6 heteroatoms. The SMILES string of the molecule is Cl.N[C@@H]1CCCN(CC(=O)NCCc2ccc(F)cc2)C1. The van der Waals surface area contributed by atoms with E-state index >= 15 is 0 Å². The van der Waals surface area contributed by atoms with E-state index < -0.39 is 0 Å². The molecule has 1 atom stereocenters. The maximum absolute atomic E-state index is 12.7. The number of carbonyl (C=O) groups excluding carboxylic acids is 1. The van der Waals surface area contributed by atoms with Gasteiger partial charge in [0.05, 0.1) is 6.54 Å². The Morgan fingerprint density at radius 2 is 2.10 bits per heavy atom. The molecule has 0 unspecified atom stereocenters. The second-order valence-electron chi connectivity index (χ2n) is 5.36. The molecule has 21 heavy (non-hydrogen) atoms. The van der Waals surface area contributed by atoms with Gasteiger partial charge >= 0.3 is 0 Å². The lowest BCUT2D eigenvalue weighted by atomic mass is 10.1. The van der Waals surface area contributed by atoms with Crippen molar-refractivity contribution < 1.29 is 9.18 Å². The van der Waals surface area contributed by atoms with Crippen molar-refractivity contribution in [1.82, 2.24) is 10.2 Å². The predicted molar refractivity (Wildman–Crippen MR) is 84.0 cm³/mol. The van der Waals surface area contributed by atoms with Gasteiger partial charge in [-0.05, 0) is 43.5 Å². The lowest BCUT2D eigenvalue weighted by Gasteiger charge is -2.29.